The normalized spacial score (nSPS) is 10.6. The van der Waals surface area contributed by atoms with Crippen molar-refractivity contribution in [2.45, 2.75) is 13.8 Å². The summed E-state index contributed by atoms with van der Waals surface area (Å²) >= 11 is 1.41. The van der Waals surface area contributed by atoms with Crippen LogP contribution in [0.25, 0.3) is 0 Å². The molecule has 0 aliphatic heterocycles. The highest BCUT2D eigenvalue weighted by Crippen LogP contribution is 2.28. The molecule has 0 fully saturated rings. The average molecular weight is 329 g/mol. The molecule has 8 nitrogen and oxygen atoms in total. The average Bonchev–Trinajstić information content (AvgIpc) is 3.06. The Kier molecular flexibility index (Phi) is 4.02. The van der Waals surface area contributed by atoms with Gasteiger partial charge in [-0.1, -0.05) is 0 Å². The van der Waals surface area contributed by atoms with E-state index in [1.54, 1.807) is 30.1 Å². The summed E-state index contributed by atoms with van der Waals surface area (Å²) in [7, 11) is 1.82. The predicted molar refractivity (Wildman–Crippen MR) is 88.1 cm³/mol. The molecule has 1 amide bonds. The second-order valence-corrected chi connectivity index (χ2v) is 6.02. The monoisotopic (exact) mass is 329 g/mol. The van der Waals surface area contributed by atoms with E-state index in [-0.39, 0.29) is 5.91 Å². The molecule has 3 aromatic heterocycles. The summed E-state index contributed by atoms with van der Waals surface area (Å²) < 4.78 is 1.69. The second-order valence-electron chi connectivity index (χ2n) is 4.82. The number of thiazole rings is 1. The van der Waals surface area contributed by atoms with Gasteiger partial charge in [-0.3, -0.25) is 9.48 Å². The molecule has 0 aliphatic rings. The Morgan fingerprint density at radius 2 is 2.04 bits per heavy atom. The van der Waals surface area contributed by atoms with Crippen molar-refractivity contribution < 1.29 is 4.79 Å². The van der Waals surface area contributed by atoms with E-state index in [4.69, 9.17) is 0 Å². The minimum absolute atomic E-state index is 0.322. The number of aryl methyl sites for hydroxylation is 3. The van der Waals surface area contributed by atoms with Crippen molar-refractivity contribution in [3.05, 3.63) is 41.1 Å². The summed E-state index contributed by atoms with van der Waals surface area (Å²) in [6.45, 7) is 3.61. The minimum Gasteiger partial charge on any atom is -0.330 e. The van der Waals surface area contributed by atoms with Crippen molar-refractivity contribution in [2.24, 2.45) is 7.05 Å². The number of rotatable bonds is 4. The molecule has 0 aliphatic carbocycles. The Labute approximate surface area is 136 Å². The number of nitrogens with zero attached hydrogens (tertiary/aromatic N) is 5. The number of hydrogen-bond donors (Lipinski definition) is 2. The van der Waals surface area contributed by atoms with E-state index in [0.29, 0.717) is 22.3 Å². The summed E-state index contributed by atoms with van der Waals surface area (Å²) in [4.78, 5) is 25.0. The maximum Gasteiger partial charge on any atom is 0.278 e. The Balaban J connectivity index is 1.84. The molecular weight excluding hydrogens is 314 g/mol. The van der Waals surface area contributed by atoms with Crippen LogP contribution in [0.3, 0.4) is 0 Å². The van der Waals surface area contributed by atoms with Gasteiger partial charge in [-0.25, -0.2) is 15.0 Å². The zero-order valence-electron chi connectivity index (χ0n) is 12.9. The molecule has 0 unspecified atom stereocenters. The summed E-state index contributed by atoms with van der Waals surface area (Å²) in [5, 5.41) is 11.5. The Morgan fingerprint density at radius 3 is 2.74 bits per heavy atom. The van der Waals surface area contributed by atoms with Gasteiger partial charge in [0.2, 0.25) is 0 Å². The number of carbonyl (C=O) groups is 1. The topological polar surface area (TPSA) is 97.6 Å². The molecule has 3 rings (SSSR count). The Morgan fingerprint density at radius 1 is 1.22 bits per heavy atom. The maximum absolute atomic E-state index is 12.5. The lowest BCUT2D eigenvalue weighted by atomic mass is 10.4. The van der Waals surface area contributed by atoms with Gasteiger partial charge < -0.3 is 10.6 Å². The molecule has 2 N–H and O–H groups in total. The van der Waals surface area contributed by atoms with Crippen molar-refractivity contribution in [2.75, 3.05) is 10.6 Å². The third kappa shape index (κ3) is 3.34. The first-order valence-corrected chi connectivity index (χ1v) is 7.68. The molecule has 0 aromatic carbocycles. The van der Waals surface area contributed by atoms with E-state index in [9.17, 15) is 4.79 Å². The van der Waals surface area contributed by atoms with Crippen molar-refractivity contribution in [1.29, 1.82) is 0 Å². The fourth-order valence-corrected chi connectivity index (χ4v) is 2.80. The van der Waals surface area contributed by atoms with Gasteiger partial charge in [0.05, 0.1) is 11.2 Å². The second kappa shape index (κ2) is 6.13. The predicted octanol–water partition coefficient (Wildman–Crippen LogP) is 2.28. The molecule has 0 saturated carbocycles. The van der Waals surface area contributed by atoms with Gasteiger partial charge in [-0.15, -0.1) is 11.3 Å². The van der Waals surface area contributed by atoms with E-state index in [2.05, 4.69) is 30.7 Å². The molecule has 0 bridgehead atoms. The van der Waals surface area contributed by atoms with Crippen LogP contribution < -0.4 is 10.6 Å². The molecule has 0 atom stereocenters. The number of amides is 1. The number of nitrogens with one attached hydrogen (secondary N) is 2. The Bertz CT molecular complexity index is 854. The zero-order valence-corrected chi connectivity index (χ0v) is 13.7. The molecule has 3 aromatic rings. The SMILES string of the molecule is Cc1nccc(NC(=O)c2nc(C)sc2Nc2ccnn2C)n1. The smallest absolute Gasteiger partial charge is 0.278 e. The van der Waals surface area contributed by atoms with Gasteiger partial charge in [0.25, 0.3) is 5.91 Å². The third-order valence-electron chi connectivity index (χ3n) is 3.03. The lowest BCUT2D eigenvalue weighted by Crippen LogP contribution is -2.15. The number of hydrogen-bond acceptors (Lipinski definition) is 7. The van der Waals surface area contributed by atoms with Gasteiger partial charge in [-0.05, 0) is 19.9 Å². The van der Waals surface area contributed by atoms with Crippen molar-refractivity contribution in [3.8, 4) is 0 Å². The standard InChI is InChI=1S/C14H15N7OS/c1-8-15-6-4-10(17-8)19-13(22)12-14(23-9(2)18-12)20-11-5-7-16-21(11)3/h4-7,20H,1-3H3,(H,15,17,19,22). The third-order valence-corrected chi connectivity index (χ3v) is 3.92. The molecule has 0 radical (unpaired) electrons. The van der Waals surface area contributed by atoms with Crippen LogP contribution in [-0.2, 0) is 7.05 Å². The van der Waals surface area contributed by atoms with Crippen LogP contribution in [0, 0.1) is 13.8 Å². The fourth-order valence-electron chi connectivity index (χ4n) is 1.98. The largest absolute Gasteiger partial charge is 0.330 e. The molecule has 0 spiro atoms. The highest BCUT2D eigenvalue weighted by Gasteiger charge is 2.18. The van der Waals surface area contributed by atoms with Gasteiger partial charge in [0, 0.05) is 19.3 Å². The summed E-state index contributed by atoms with van der Waals surface area (Å²) in [6.07, 6.45) is 3.28. The zero-order chi connectivity index (χ0) is 16.4. The molecule has 3 heterocycles. The minimum atomic E-state index is -0.322. The van der Waals surface area contributed by atoms with E-state index in [1.807, 2.05) is 20.0 Å². The molecule has 9 heteroatoms. The van der Waals surface area contributed by atoms with E-state index in [1.165, 1.54) is 11.3 Å². The van der Waals surface area contributed by atoms with Crippen LogP contribution in [0.5, 0.6) is 0 Å². The lowest BCUT2D eigenvalue weighted by molar-refractivity contribution is 0.102. The summed E-state index contributed by atoms with van der Waals surface area (Å²) in [6, 6.07) is 3.46. The molecule has 23 heavy (non-hydrogen) atoms. The first kappa shape index (κ1) is 15.1. The van der Waals surface area contributed by atoms with Crippen molar-refractivity contribution in [3.63, 3.8) is 0 Å². The molecular formula is C14H15N7OS. The van der Waals surface area contributed by atoms with E-state index >= 15 is 0 Å². The van der Waals surface area contributed by atoms with E-state index < -0.39 is 0 Å². The van der Waals surface area contributed by atoms with Crippen LogP contribution in [0.2, 0.25) is 0 Å². The quantitative estimate of drug-likeness (QED) is 0.762. The van der Waals surface area contributed by atoms with Crippen LogP contribution >= 0.6 is 11.3 Å². The maximum atomic E-state index is 12.5. The van der Waals surface area contributed by atoms with Gasteiger partial charge in [0.1, 0.15) is 22.5 Å². The number of carbonyl (C=O) groups excluding carboxylic acids is 1. The summed E-state index contributed by atoms with van der Waals surface area (Å²) in [5.74, 6) is 1.49. The van der Waals surface area contributed by atoms with Crippen LogP contribution in [0.4, 0.5) is 16.6 Å². The number of anilines is 3. The van der Waals surface area contributed by atoms with Crippen LogP contribution in [0.1, 0.15) is 21.3 Å². The highest BCUT2D eigenvalue weighted by molar-refractivity contribution is 7.16. The summed E-state index contributed by atoms with van der Waals surface area (Å²) in [5.41, 5.74) is 0.324. The van der Waals surface area contributed by atoms with Gasteiger partial charge in [-0.2, -0.15) is 5.10 Å². The van der Waals surface area contributed by atoms with Crippen LogP contribution in [0.15, 0.2) is 24.5 Å². The van der Waals surface area contributed by atoms with Crippen LogP contribution in [-0.4, -0.2) is 30.6 Å². The van der Waals surface area contributed by atoms with Crippen molar-refractivity contribution in [1.82, 2.24) is 24.7 Å². The van der Waals surface area contributed by atoms with Gasteiger partial charge >= 0.3 is 0 Å². The molecule has 118 valence electrons. The molecule has 0 saturated heterocycles. The highest BCUT2D eigenvalue weighted by atomic mass is 32.1. The Hall–Kier alpha value is -2.81. The van der Waals surface area contributed by atoms with E-state index in [0.717, 1.165) is 10.8 Å². The van der Waals surface area contributed by atoms with Crippen molar-refractivity contribution >= 4 is 33.9 Å². The fraction of sp³-hybridized carbons (Fsp3) is 0.214. The lowest BCUT2D eigenvalue weighted by Gasteiger charge is -2.07. The van der Waals surface area contributed by atoms with Gasteiger partial charge in [0.15, 0.2) is 5.69 Å². The first-order valence-electron chi connectivity index (χ1n) is 6.86. The first-order chi connectivity index (χ1) is 11.0. The number of aromatic nitrogens is 5.